The third-order valence-corrected chi connectivity index (χ3v) is 35.1. The number of allylic oxidation sites excluding steroid dienone is 16. The van der Waals surface area contributed by atoms with Gasteiger partial charge < -0.3 is 57.9 Å². The molecule has 8 nitrogen and oxygen atoms in total. The molecule has 0 unspecified atom stereocenters. The Morgan fingerprint density at radius 2 is 0.395 bits per heavy atom. The van der Waals surface area contributed by atoms with Gasteiger partial charge in [0.05, 0.1) is 12.3 Å². The summed E-state index contributed by atoms with van der Waals surface area (Å²) in [5, 5.41) is 9.93. The van der Waals surface area contributed by atoms with Crippen LogP contribution in [0.3, 0.4) is 0 Å². The number of carbonyl (C=O) groups is 8. The molecule has 4 aliphatic rings. The first-order valence-electron chi connectivity index (χ1n) is 45.3. The summed E-state index contributed by atoms with van der Waals surface area (Å²) in [5.41, 5.74) is 7.73. The quantitative estimate of drug-likeness (QED) is 0.00920. The van der Waals surface area contributed by atoms with Gasteiger partial charge in [-0.2, -0.15) is 0 Å². The van der Waals surface area contributed by atoms with Gasteiger partial charge in [0.15, 0.2) is 46.3 Å². The summed E-state index contributed by atoms with van der Waals surface area (Å²) >= 11 is 5.88. The molecule has 6 aromatic rings. The number of hydrogen-bond donors (Lipinski definition) is 0. The number of alkyl halides is 2. The van der Waals surface area contributed by atoms with Crippen molar-refractivity contribution in [1.29, 1.82) is 0 Å². The predicted molar refractivity (Wildman–Crippen MR) is 525 cm³/mol. The Morgan fingerprint density at radius 1 is 0.234 bits per heavy atom. The molecule has 0 atom stereocenters. The van der Waals surface area contributed by atoms with Gasteiger partial charge in [-0.1, -0.05) is 289 Å². The number of ketones is 8. The van der Waals surface area contributed by atoms with Gasteiger partial charge in [-0.15, -0.1) is 0 Å². The smallest absolute Gasteiger partial charge is 1.00 e. The normalized spacial score (nSPS) is 14.1. The minimum absolute atomic E-state index is 0. The summed E-state index contributed by atoms with van der Waals surface area (Å²) in [6.07, 6.45) is 50.6. The van der Waals surface area contributed by atoms with E-state index in [4.69, 9.17) is 0 Å². The molecular formula is C108H138Br3I2KO8P2. The third-order valence-electron chi connectivity index (χ3n) is 24.7. The molecule has 0 aromatic heterocycles. The van der Waals surface area contributed by atoms with Crippen molar-refractivity contribution in [2.45, 2.75) is 287 Å². The van der Waals surface area contributed by atoms with Crippen LogP contribution in [0, 0.1) is 0 Å². The van der Waals surface area contributed by atoms with E-state index in [2.05, 4.69) is 221 Å². The Hall–Kier alpha value is -4.00. The first kappa shape index (κ1) is 114. The van der Waals surface area contributed by atoms with E-state index in [9.17, 15) is 38.4 Å². The number of halogens is 5. The third kappa shape index (κ3) is 36.6. The van der Waals surface area contributed by atoms with Crippen molar-refractivity contribution in [3.05, 3.63) is 273 Å². The summed E-state index contributed by atoms with van der Waals surface area (Å²) in [4.78, 5) is 96.5. The zero-order valence-corrected chi connectivity index (χ0v) is 89.9. The second-order valence-corrected chi connectivity index (χ2v) is 42.3. The Bertz CT molecular complexity index is 4070. The van der Waals surface area contributed by atoms with Crippen LogP contribution in [0.4, 0.5) is 0 Å². The molecule has 0 fully saturated rings. The van der Waals surface area contributed by atoms with E-state index in [0.29, 0.717) is 66.9 Å². The predicted octanol–water partition coefficient (Wildman–Crippen LogP) is 14.5. The standard InChI is InChI=1S/2C36H42O2P.C18H27BrO2.C18H27IO2.2BrH.HI.K/c2*1-29-30(2)36(38)31(28-35(29)37)20-12-7-5-3-4-6-8-19-27-39(32-21-13-9-14-22-32,33-23-15-10-16-24-33)34-25-17-11-18-26-34;2*1-14-15(2)18(21)16(13-17(14)20)11-9-7-5-3-4-6-8-10-12-19;;;;/h2*9-11,13-18,21-26,28H,3-8,12,19-20,27H2,1-2H3;2*13H,3-12H2,1-2H3;3*1H;/q2*+1;;;;;;+1/p-3. The van der Waals surface area contributed by atoms with E-state index in [0.717, 1.165) is 82.4 Å². The van der Waals surface area contributed by atoms with E-state index in [-0.39, 0.29) is 156 Å². The van der Waals surface area contributed by atoms with E-state index in [1.165, 1.54) is 203 Å². The minimum Gasteiger partial charge on any atom is -1.00 e. The van der Waals surface area contributed by atoms with Crippen LogP contribution in [0.5, 0.6) is 0 Å². The van der Waals surface area contributed by atoms with Gasteiger partial charge in [-0.3, -0.25) is 38.4 Å². The van der Waals surface area contributed by atoms with Crippen LogP contribution < -0.4 is 141 Å². The van der Waals surface area contributed by atoms with Gasteiger partial charge in [-0.05, 0) is 247 Å². The van der Waals surface area contributed by atoms with Crippen molar-refractivity contribution in [1.82, 2.24) is 0 Å². The first-order chi connectivity index (χ1) is 58.2. The van der Waals surface area contributed by atoms with Crippen molar-refractivity contribution in [3.8, 4) is 0 Å². The molecule has 0 radical (unpaired) electrons. The van der Waals surface area contributed by atoms with E-state index >= 15 is 0 Å². The number of unbranched alkanes of at least 4 members (excludes halogenated alkanes) is 28. The molecule has 4 aliphatic carbocycles. The fourth-order valence-electron chi connectivity index (χ4n) is 16.6. The monoisotopic (exact) mass is 2150 g/mol. The molecule has 664 valence electrons. The molecule has 0 heterocycles. The number of rotatable bonds is 48. The van der Waals surface area contributed by atoms with Gasteiger partial charge in [0, 0.05) is 72.2 Å². The second kappa shape index (κ2) is 64.7. The molecule has 0 N–H and O–H groups in total. The van der Waals surface area contributed by atoms with Crippen molar-refractivity contribution in [2.75, 3.05) is 22.1 Å². The fourth-order valence-corrected chi connectivity index (χ4v) is 26.4. The summed E-state index contributed by atoms with van der Waals surface area (Å²) in [6, 6.07) is 67.0. The van der Waals surface area contributed by atoms with Gasteiger partial charge >= 0.3 is 51.4 Å². The average Bonchev–Trinajstić information content (AvgIpc) is 0.761. The average molecular weight is 2160 g/mol. The van der Waals surface area contributed by atoms with Gasteiger partial charge in [0.2, 0.25) is 0 Å². The maximum absolute atomic E-state index is 12.4. The van der Waals surface area contributed by atoms with Crippen molar-refractivity contribution >= 4 is 131 Å². The van der Waals surface area contributed by atoms with Crippen LogP contribution in [-0.2, 0) is 38.4 Å². The summed E-state index contributed by atoms with van der Waals surface area (Å²) < 4.78 is 1.27. The molecule has 0 bridgehead atoms. The SMILES string of the molecule is CC1=C(C)C(=O)C(CCCCCCCCCCBr)=CC1=O.CC1=C(C)C(=O)C(CCCCCCCCCCI)=CC1=O.CC1=C(C)C(=O)C(CCCCCCCCCC[P+](c2ccccc2)(c2ccccc2)c2ccccc2)=CC1=O.CC1=C(C)C(=O)C(CCCCCCCCCC[P+](c2ccccc2)(c2ccccc2)c2ccccc2)=CC1=O.[Br-].[Br-].[I-].[K+]. The van der Waals surface area contributed by atoms with Crippen LogP contribution >= 0.6 is 53.0 Å². The first-order valence-corrected chi connectivity index (χ1v) is 51.9. The van der Waals surface area contributed by atoms with E-state index in [1.54, 1.807) is 79.7 Å². The van der Waals surface area contributed by atoms with Crippen molar-refractivity contribution in [3.63, 3.8) is 0 Å². The zero-order valence-electron chi connectivity index (χ0n) is 76.0. The van der Waals surface area contributed by atoms with E-state index in [1.807, 2.05) is 0 Å². The van der Waals surface area contributed by atoms with Crippen LogP contribution in [-0.4, -0.2) is 68.3 Å². The summed E-state index contributed by atoms with van der Waals surface area (Å²) in [6.45, 7) is 14.0. The Kier molecular flexibility index (Phi) is 59.6. The van der Waals surface area contributed by atoms with Crippen LogP contribution in [0.2, 0.25) is 0 Å². The Morgan fingerprint density at radius 3 is 0.573 bits per heavy atom. The molecule has 0 saturated heterocycles. The number of hydrogen-bond acceptors (Lipinski definition) is 8. The zero-order chi connectivity index (χ0) is 86.3. The molecule has 0 amide bonds. The Balaban J connectivity index is 0.000000440. The van der Waals surface area contributed by atoms with Crippen LogP contribution in [0.25, 0.3) is 0 Å². The van der Waals surface area contributed by atoms with Crippen molar-refractivity contribution in [2.24, 2.45) is 0 Å². The number of Topliss-reactive ketones (excluding diaryl/α,β-unsaturated/α-hetero) is 4. The molecule has 10 rings (SSSR count). The molecule has 6 aromatic carbocycles. The molecule has 0 spiro atoms. The largest absolute Gasteiger partial charge is 1.00 e. The summed E-state index contributed by atoms with van der Waals surface area (Å²) in [7, 11) is -3.43. The second-order valence-electron chi connectivity index (χ2n) is 33.2. The molecule has 0 saturated carbocycles. The van der Waals surface area contributed by atoms with Crippen LogP contribution in [0.1, 0.15) is 287 Å². The molecule has 0 aliphatic heterocycles. The molecule has 16 heteroatoms. The summed E-state index contributed by atoms with van der Waals surface area (Å²) in [5.74, 6) is 0.291. The molecular weight excluding hydrogens is 2020 g/mol. The topological polar surface area (TPSA) is 137 Å². The van der Waals surface area contributed by atoms with Gasteiger partial charge in [-0.25, -0.2) is 0 Å². The van der Waals surface area contributed by atoms with E-state index < -0.39 is 14.5 Å². The van der Waals surface area contributed by atoms with Gasteiger partial charge in [0.25, 0.3) is 0 Å². The molecule has 124 heavy (non-hydrogen) atoms. The number of carbonyl (C=O) groups excluding carboxylic acids is 8. The van der Waals surface area contributed by atoms with Crippen molar-refractivity contribution < 1.29 is 148 Å². The number of benzene rings is 6. The maximum Gasteiger partial charge on any atom is 1.00 e. The minimum atomic E-state index is -1.72. The van der Waals surface area contributed by atoms with Crippen LogP contribution in [0.15, 0.2) is 273 Å². The maximum atomic E-state index is 12.4. The van der Waals surface area contributed by atoms with Gasteiger partial charge in [0.1, 0.15) is 46.4 Å². The Labute approximate surface area is 850 Å². The fraction of sp³-hybridized carbons (Fsp3) is 0.444.